The van der Waals surface area contributed by atoms with Gasteiger partial charge in [-0.25, -0.2) is 0 Å². The van der Waals surface area contributed by atoms with Crippen LogP contribution in [-0.2, 0) is 0 Å². The molecule has 3 heteroatoms. The van der Waals surface area contributed by atoms with Crippen LogP contribution >= 0.6 is 0 Å². The fraction of sp³-hybridized carbons (Fsp3) is 1.00. The SMILES string of the molecule is CC.CN1CCN(CCO)CC1. The molecular formula is C9H22N2O. The topological polar surface area (TPSA) is 26.7 Å². The second kappa shape index (κ2) is 7.53. The number of β-amino-alcohol motifs (C(OH)–C–C–N with tert-alkyl or cyclic N) is 1. The number of aliphatic hydroxyl groups excluding tert-OH is 1. The van der Waals surface area contributed by atoms with Crippen molar-refractivity contribution in [1.29, 1.82) is 0 Å². The average Bonchev–Trinajstić information content (AvgIpc) is 2.13. The summed E-state index contributed by atoms with van der Waals surface area (Å²) in [4.78, 5) is 4.61. The Morgan fingerprint density at radius 1 is 1.08 bits per heavy atom. The number of hydrogen-bond donors (Lipinski definition) is 1. The summed E-state index contributed by atoms with van der Waals surface area (Å²) in [6, 6.07) is 0. The van der Waals surface area contributed by atoms with Crippen LogP contribution in [0.5, 0.6) is 0 Å². The van der Waals surface area contributed by atoms with Gasteiger partial charge in [0.1, 0.15) is 0 Å². The lowest BCUT2D eigenvalue weighted by molar-refractivity contribution is 0.128. The molecule has 1 rings (SSSR count). The van der Waals surface area contributed by atoms with Crippen molar-refractivity contribution in [3.05, 3.63) is 0 Å². The van der Waals surface area contributed by atoms with Crippen LogP contribution in [0.4, 0.5) is 0 Å². The predicted octanol–water partition coefficient (Wildman–Crippen LogP) is 0.252. The Labute approximate surface area is 76.0 Å². The first-order chi connectivity index (χ1) is 5.83. The van der Waals surface area contributed by atoms with Crippen LogP contribution in [0, 0.1) is 0 Å². The maximum atomic E-state index is 8.63. The summed E-state index contributed by atoms with van der Waals surface area (Å²) < 4.78 is 0. The molecule has 3 nitrogen and oxygen atoms in total. The van der Waals surface area contributed by atoms with E-state index >= 15 is 0 Å². The van der Waals surface area contributed by atoms with Crippen molar-refractivity contribution in [2.75, 3.05) is 46.4 Å². The van der Waals surface area contributed by atoms with Crippen molar-refractivity contribution in [2.45, 2.75) is 13.8 Å². The van der Waals surface area contributed by atoms with Crippen LogP contribution in [0.25, 0.3) is 0 Å². The van der Waals surface area contributed by atoms with Gasteiger partial charge in [-0.1, -0.05) is 13.8 Å². The fourth-order valence-corrected chi connectivity index (χ4v) is 1.21. The molecule has 0 bridgehead atoms. The largest absolute Gasteiger partial charge is 0.395 e. The molecule has 0 aliphatic carbocycles. The van der Waals surface area contributed by atoms with E-state index < -0.39 is 0 Å². The molecule has 0 radical (unpaired) electrons. The Balaban J connectivity index is 0.000000561. The lowest BCUT2D eigenvalue weighted by Crippen LogP contribution is -2.45. The first-order valence-electron chi connectivity index (χ1n) is 4.84. The van der Waals surface area contributed by atoms with Gasteiger partial charge in [0.2, 0.25) is 0 Å². The van der Waals surface area contributed by atoms with Gasteiger partial charge < -0.3 is 10.0 Å². The van der Waals surface area contributed by atoms with Gasteiger partial charge in [-0.3, -0.25) is 4.90 Å². The van der Waals surface area contributed by atoms with Crippen molar-refractivity contribution >= 4 is 0 Å². The fourth-order valence-electron chi connectivity index (χ4n) is 1.21. The maximum Gasteiger partial charge on any atom is 0.0558 e. The van der Waals surface area contributed by atoms with Crippen molar-refractivity contribution in [2.24, 2.45) is 0 Å². The van der Waals surface area contributed by atoms with Crippen LogP contribution in [-0.4, -0.2) is 61.3 Å². The maximum absolute atomic E-state index is 8.63. The molecule has 1 heterocycles. The van der Waals surface area contributed by atoms with Gasteiger partial charge in [-0.2, -0.15) is 0 Å². The summed E-state index contributed by atoms with van der Waals surface area (Å²) in [5.41, 5.74) is 0. The Kier molecular flexibility index (Phi) is 7.45. The molecule has 74 valence electrons. The molecule has 0 spiro atoms. The molecule has 12 heavy (non-hydrogen) atoms. The zero-order valence-electron chi connectivity index (χ0n) is 8.58. The summed E-state index contributed by atoms with van der Waals surface area (Å²) in [5, 5.41) is 8.63. The molecule has 0 aromatic carbocycles. The lowest BCUT2D eigenvalue weighted by atomic mass is 10.3. The molecule has 0 saturated carbocycles. The Morgan fingerprint density at radius 3 is 2.00 bits per heavy atom. The molecule has 1 saturated heterocycles. The third-order valence-electron chi connectivity index (χ3n) is 2.01. The van der Waals surface area contributed by atoms with E-state index in [-0.39, 0.29) is 0 Å². The number of nitrogens with zero attached hydrogens (tertiary/aromatic N) is 2. The molecule has 0 amide bonds. The number of piperazine rings is 1. The highest BCUT2D eigenvalue weighted by molar-refractivity contribution is 4.68. The number of rotatable bonds is 2. The van der Waals surface area contributed by atoms with Gasteiger partial charge in [0.25, 0.3) is 0 Å². The van der Waals surface area contributed by atoms with Gasteiger partial charge in [-0.15, -0.1) is 0 Å². The Morgan fingerprint density at radius 2 is 1.58 bits per heavy atom. The van der Waals surface area contributed by atoms with Crippen molar-refractivity contribution in [3.8, 4) is 0 Å². The van der Waals surface area contributed by atoms with Crippen LogP contribution in [0.2, 0.25) is 0 Å². The second-order valence-electron chi connectivity index (χ2n) is 2.87. The smallest absolute Gasteiger partial charge is 0.0558 e. The molecule has 1 fully saturated rings. The molecule has 0 aromatic heterocycles. The Bertz CT molecular complexity index is 90.5. The van der Waals surface area contributed by atoms with Crippen molar-refractivity contribution in [3.63, 3.8) is 0 Å². The van der Waals surface area contributed by atoms with E-state index in [1.807, 2.05) is 13.8 Å². The molecule has 1 aliphatic heterocycles. The van der Waals surface area contributed by atoms with Gasteiger partial charge in [0.05, 0.1) is 6.61 Å². The zero-order chi connectivity index (χ0) is 9.40. The van der Waals surface area contributed by atoms with E-state index in [1.165, 1.54) is 0 Å². The highest BCUT2D eigenvalue weighted by Crippen LogP contribution is 1.96. The van der Waals surface area contributed by atoms with E-state index in [0.29, 0.717) is 6.61 Å². The van der Waals surface area contributed by atoms with Crippen molar-refractivity contribution < 1.29 is 5.11 Å². The predicted molar refractivity (Wildman–Crippen MR) is 52.4 cm³/mol. The number of likely N-dealkylation sites (N-methyl/N-ethyl adjacent to an activating group) is 1. The van der Waals surface area contributed by atoms with Crippen LogP contribution in [0.15, 0.2) is 0 Å². The van der Waals surface area contributed by atoms with Crippen LogP contribution in [0.3, 0.4) is 0 Å². The van der Waals surface area contributed by atoms with Gasteiger partial charge in [-0.05, 0) is 7.05 Å². The van der Waals surface area contributed by atoms with E-state index in [1.54, 1.807) is 0 Å². The summed E-state index contributed by atoms with van der Waals surface area (Å²) >= 11 is 0. The van der Waals surface area contributed by atoms with E-state index in [0.717, 1.165) is 32.7 Å². The second-order valence-corrected chi connectivity index (χ2v) is 2.87. The molecule has 0 unspecified atom stereocenters. The third-order valence-corrected chi connectivity index (χ3v) is 2.01. The minimum atomic E-state index is 0.295. The summed E-state index contributed by atoms with van der Waals surface area (Å²) in [7, 11) is 2.14. The number of aliphatic hydroxyl groups is 1. The average molecular weight is 174 g/mol. The van der Waals surface area contributed by atoms with Crippen LogP contribution in [0.1, 0.15) is 13.8 Å². The quantitative estimate of drug-likeness (QED) is 0.650. The molecular weight excluding hydrogens is 152 g/mol. The highest BCUT2D eigenvalue weighted by atomic mass is 16.3. The summed E-state index contributed by atoms with van der Waals surface area (Å²) in [6.07, 6.45) is 0. The molecule has 1 aliphatic rings. The zero-order valence-corrected chi connectivity index (χ0v) is 8.58. The summed E-state index contributed by atoms with van der Waals surface area (Å²) in [5.74, 6) is 0. The Hall–Kier alpha value is -0.120. The number of hydrogen-bond acceptors (Lipinski definition) is 3. The standard InChI is InChI=1S/C7H16N2O.C2H6/c1-8-2-4-9(5-3-8)6-7-10;1-2/h10H,2-7H2,1H3;1-2H3. The van der Waals surface area contributed by atoms with E-state index in [4.69, 9.17) is 5.11 Å². The van der Waals surface area contributed by atoms with Gasteiger partial charge in [0.15, 0.2) is 0 Å². The lowest BCUT2D eigenvalue weighted by Gasteiger charge is -2.31. The monoisotopic (exact) mass is 174 g/mol. The van der Waals surface area contributed by atoms with Crippen LogP contribution < -0.4 is 0 Å². The molecule has 0 atom stereocenters. The highest BCUT2D eigenvalue weighted by Gasteiger charge is 2.11. The first kappa shape index (κ1) is 11.9. The first-order valence-corrected chi connectivity index (χ1v) is 4.84. The third kappa shape index (κ3) is 4.70. The van der Waals surface area contributed by atoms with E-state index in [9.17, 15) is 0 Å². The normalized spacial score (nSPS) is 20.0. The molecule has 1 N–H and O–H groups in total. The minimum absolute atomic E-state index is 0.295. The van der Waals surface area contributed by atoms with Gasteiger partial charge >= 0.3 is 0 Å². The van der Waals surface area contributed by atoms with E-state index in [2.05, 4.69) is 16.8 Å². The van der Waals surface area contributed by atoms with Crippen molar-refractivity contribution in [1.82, 2.24) is 9.80 Å². The summed E-state index contributed by atoms with van der Waals surface area (Å²) in [6.45, 7) is 9.63. The van der Waals surface area contributed by atoms with Gasteiger partial charge in [0, 0.05) is 32.7 Å². The minimum Gasteiger partial charge on any atom is -0.395 e. The molecule has 0 aromatic rings.